The number of ether oxygens (including phenoxy) is 1. The second-order valence-electron chi connectivity index (χ2n) is 4.09. The molecule has 17 heavy (non-hydrogen) atoms. The van der Waals surface area contributed by atoms with Crippen LogP contribution in [0.25, 0.3) is 11.3 Å². The Balaban J connectivity index is 2.23. The standard InChI is InChI=1S/C12H12FN3O/c1-16-10(14)6-9(15-16)11-8(13)3-2-7-4-5-17-12(7)11/h2-3,6H,4-5,14H2,1H3. The molecule has 3 rings (SSSR count). The molecule has 0 bridgehead atoms. The average Bonchev–Trinajstić information content (AvgIpc) is 2.86. The zero-order valence-electron chi connectivity index (χ0n) is 9.40. The van der Waals surface area contributed by atoms with E-state index in [0.717, 1.165) is 12.0 Å². The predicted molar refractivity (Wildman–Crippen MR) is 62.2 cm³/mol. The third kappa shape index (κ3) is 1.46. The second kappa shape index (κ2) is 3.48. The van der Waals surface area contributed by atoms with Crippen molar-refractivity contribution in [2.45, 2.75) is 6.42 Å². The molecule has 2 N–H and O–H groups in total. The van der Waals surface area contributed by atoms with E-state index in [9.17, 15) is 4.39 Å². The van der Waals surface area contributed by atoms with Crippen molar-refractivity contribution in [3.05, 3.63) is 29.6 Å². The Bertz CT molecular complexity index is 572. The molecule has 2 aromatic rings. The maximum absolute atomic E-state index is 13.9. The van der Waals surface area contributed by atoms with Gasteiger partial charge in [0, 0.05) is 19.5 Å². The monoisotopic (exact) mass is 233 g/mol. The smallest absolute Gasteiger partial charge is 0.136 e. The topological polar surface area (TPSA) is 53.1 Å². The van der Waals surface area contributed by atoms with Gasteiger partial charge < -0.3 is 10.5 Å². The van der Waals surface area contributed by atoms with Crippen LogP contribution >= 0.6 is 0 Å². The Morgan fingerprint density at radius 1 is 1.47 bits per heavy atom. The largest absolute Gasteiger partial charge is 0.492 e. The molecule has 0 unspecified atom stereocenters. The zero-order valence-corrected chi connectivity index (χ0v) is 9.40. The minimum Gasteiger partial charge on any atom is -0.492 e. The van der Waals surface area contributed by atoms with Crippen molar-refractivity contribution >= 4 is 5.82 Å². The van der Waals surface area contributed by atoms with E-state index in [1.165, 1.54) is 10.7 Å². The van der Waals surface area contributed by atoms with Gasteiger partial charge in [0.1, 0.15) is 23.1 Å². The van der Waals surface area contributed by atoms with Crippen LogP contribution in [-0.4, -0.2) is 16.4 Å². The molecule has 0 saturated carbocycles. The summed E-state index contributed by atoms with van der Waals surface area (Å²) in [7, 11) is 1.72. The number of anilines is 1. The van der Waals surface area contributed by atoms with E-state index in [1.807, 2.05) is 0 Å². The normalized spacial score (nSPS) is 13.5. The van der Waals surface area contributed by atoms with Gasteiger partial charge in [-0.15, -0.1) is 0 Å². The number of benzene rings is 1. The van der Waals surface area contributed by atoms with Crippen molar-refractivity contribution in [2.75, 3.05) is 12.3 Å². The third-order valence-electron chi connectivity index (χ3n) is 2.98. The maximum Gasteiger partial charge on any atom is 0.136 e. The number of rotatable bonds is 1. The molecule has 1 aromatic heterocycles. The van der Waals surface area contributed by atoms with Crippen molar-refractivity contribution in [3.8, 4) is 17.0 Å². The molecule has 0 atom stereocenters. The second-order valence-corrected chi connectivity index (χ2v) is 4.09. The average molecular weight is 233 g/mol. The number of fused-ring (bicyclic) bond motifs is 1. The number of aromatic nitrogens is 2. The fraction of sp³-hybridized carbons (Fsp3) is 0.250. The summed E-state index contributed by atoms with van der Waals surface area (Å²) in [5.74, 6) is 0.766. The van der Waals surface area contributed by atoms with Gasteiger partial charge in [-0.2, -0.15) is 5.10 Å². The van der Waals surface area contributed by atoms with Crippen molar-refractivity contribution in [2.24, 2.45) is 7.05 Å². The summed E-state index contributed by atoms with van der Waals surface area (Å²) in [6.45, 7) is 0.591. The number of halogens is 1. The maximum atomic E-state index is 13.9. The molecule has 2 heterocycles. The van der Waals surface area contributed by atoms with Crippen LogP contribution in [0.3, 0.4) is 0 Å². The summed E-state index contributed by atoms with van der Waals surface area (Å²) in [5, 5.41) is 4.19. The summed E-state index contributed by atoms with van der Waals surface area (Å²) < 4.78 is 20.9. The Labute approximate surface area is 97.8 Å². The molecule has 1 aromatic carbocycles. The molecule has 0 radical (unpaired) electrons. The van der Waals surface area contributed by atoms with E-state index < -0.39 is 0 Å². The van der Waals surface area contributed by atoms with Crippen LogP contribution in [0, 0.1) is 5.82 Å². The third-order valence-corrected chi connectivity index (χ3v) is 2.98. The molecule has 0 amide bonds. The van der Waals surface area contributed by atoms with Crippen molar-refractivity contribution in [3.63, 3.8) is 0 Å². The van der Waals surface area contributed by atoms with Gasteiger partial charge >= 0.3 is 0 Å². The molecule has 1 aliphatic rings. The highest BCUT2D eigenvalue weighted by atomic mass is 19.1. The van der Waals surface area contributed by atoms with Gasteiger partial charge in [0.15, 0.2) is 0 Å². The lowest BCUT2D eigenvalue weighted by Crippen LogP contribution is -1.97. The summed E-state index contributed by atoms with van der Waals surface area (Å²) in [5.41, 5.74) is 7.65. The fourth-order valence-corrected chi connectivity index (χ4v) is 2.07. The van der Waals surface area contributed by atoms with Gasteiger partial charge in [-0.3, -0.25) is 4.68 Å². The first-order valence-electron chi connectivity index (χ1n) is 5.41. The lowest BCUT2D eigenvalue weighted by atomic mass is 10.1. The predicted octanol–water partition coefficient (Wildman–Crippen LogP) is 1.74. The van der Waals surface area contributed by atoms with E-state index >= 15 is 0 Å². The van der Waals surface area contributed by atoms with Crippen molar-refractivity contribution < 1.29 is 9.13 Å². The van der Waals surface area contributed by atoms with Crippen LogP contribution in [0.15, 0.2) is 18.2 Å². The molecular formula is C12H12FN3O. The van der Waals surface area contributed by atoms with Crippen molar-refractivity contribution in [1.29, 1.82) is 0 Å². The number of aryl methyl sites for hydroxylation is 1. The van der Waals surface area contributed by atoms with Gasteiger partial charge in [-0.25, -0.2) is 4.39 Å². The Morgan fingerprint density at radius 2 is 2.29 bits per heavy atom. The van der Waals surface area contributed by atoms with Crippen LogP contribution in [0.5, 0.6) is 5.75 Å². The van der Waals surface area contributed by atoms with Crippen molar-refractivity contribution in [1.82, 2.24) is 9.78 Å². The van der Waals surface area contributed by atoms with E-state index in [-0.39, 0.29) is 5.82 Å². The van der Waals surface area contributed by atoms with Crippen LogP contribution in [0.4, 0.5) is 10.2 Å². The molecule has 1 aliphatic heterocycles. The minimum atomic E-state index is -0.330. The molecule has 4 nitrogen and oxygen atoms in total. The highest BCUT2D eigenvalue weighted by molar-refractivity contribution is 5.72. The number of nitrogens with two attached hydrogens (primary N) is 1. The number of nitrogens with zero attached hydrogens (tertiary/aromatic N) is 2. The van der Waals surface area contributed by atoms with E-state index in [1.54, 1.807) is 19.2 Å². The summed E-state index contributed by atoms with van der Waals surface area (Å²) >= 11 is 0. The first-order valence-corrected chi connectivity index (χ1v) is 5.41. The first-order chi connectivity index (χ1) is 8.16. The minimum absolute atomic E-state index is 0.330. The van der Waals surface area contributed by atoms with Gasteiger partial charge in [0.2, 0.25) is 0 Å². The van der Waals surface area contributed by atoms with Gasteiger partial charge in [-0.05, 0) is 11.6 Å². The van der Waals surface area contributed by atoms with Gasteiger partial charge in [-0.1, -0.05) is 6.07 Å². The Hall–Kier alpha value is -2.04. The molecule has 0 aliphatic carbocycles. The SMILES string of the molecule is Cn1nc(-c2c(F)ccc3c2OCC3)cc1N. The van der Waals surface area contributed by atoms with E-state index in [0.29, 0.717) is 29.4 Å². The molecule has 0 fully saturated rings. The number of hydrogen-bond donors (Lipinski definition) is 1. The van der Waals surface area contributed by atoms with Crippen LogP contribution in [-0.2, 0) is 13.5 Å². The molecule has 5 heteroatoms. The molecular weight excluding hydrogens is 221 g/mol. The van der Waals surface area contributed by atoms with Crippen LogP contribution in [0.2, 0.25) is 0 Å². The van der Waals surface area contributed by atoms with Gasteiger partial charge in [0.05, 0.1) is 12.2 Å². The van der Waals surface area contributed by atoms with E-state index in [4.69, 9.17) is 10.5 Å². The molecule has 0 saturated heterocycles. The fourth-order valence-electron chi connectivity index (χ4n) is 2.07. The highest BCUT2D eigenvalue weighted by Gasteiger charge is 2.22. The highest BCUT2D eigenvalue weighted by Crippen LogP contribution is 2.38. The van der Waals surface area contributed by atoms with Crippen LogP contribution in [0.1, 0.15) is 5.56 Å². The summed E-state index contributed by atoms with van der Waals surface area (Å²) in [6.07, 6.45) is 0.810. The van der Waals surface area contributed by atoms with E-state index in [2.05, 4.69) is 5.10 Å². The first kappa shape index (κ1) is 10.1. The van der Waals surface area contributed by atoms with Crippen LogP contribution < -0.4 is 10.5 Å². The lowest BCUT2D eigenvalue weighted by Gasteiger charge is -2.06. The quantitative estimate of drug-likeness (QED) is 0.816. The Kier molecular flexibility index (Phi) is 2.07. The zero-order chi connectivity index (χ0) is 12.0. The number of hydrogen-bond acceptors (Lipinski definition) is 3. The molecule has 88 valence electrons. The number of nitrogen functional groups attached to an aromatic ring is 1. The Morgan fingerprint density at radius 3 is 3.00 bits per heavy atom. The van der Waals surface area contributed by atoms with Gasteiger partial charge in [0.25, 0.3) is 0 Å². The summed E-state index contributed by atoms with van der Waals surface area (Å²) in [4.78, 5) is 0. The lowest BCUT2D eigenvalue weighted by molar-refractivity contribution is 0.356. The summed E-state index contributed by atoms with van der Waals surface area (Å²) in [6, 6.07) is 4.86. The molecule has 0 spiro atoms.